The van der Waals surface area contributed by atoms with Crippen LogP contribution in [-0.4, -0.2) is 33.7 Å². The lowest BCUT2D eigenvalue weighted by atomic mass is 10.0. The number of aromatic nitrogens is 2. The van der Waals surface area contributed by atoms with Gasteiger partial charge in [-0.1, -0.05) is 48.5 Å². The smallest absolute Gasteiger partial charge is 0.229 e. The predicted octanol–water partition coefficient (Wildman–Crippen LogP) is 5.16. The van der Waals surface area contributed by atoms with E-state index in [2.05, 4.69) is 39.6 Å². The summed E-state index contributed by atoms with van der Waals surface area (Å²) in [6, 6.07) is 24.4. The number of furan rings is 1. The van der Waals surface area contributed by atoms with E-state index in [1.54, 1.807) is 12.5 Å². The van der Waals surface area contributed by atoms with E-state index in [-0.39, 0.29) is 11.9 Å². The Morgan fingerprint density at radius 1 is 0.970 bits per heavy atom. The van der Waals surface area contributed by atoms with E-state index in [1.807, 2.05) is 53.2 Å². The SMILES string of the molecule is O=C(Cc1ccccc1)Nc1ccnn1C1CCN(Cc2cccc(-c3ccco3)c2)CC1. The molecule has 1 amide bonds. The van der Waals surface area contributed by atoms with Gasteiger partial charge in [-0.15, -0.1) is 0 Å². The Labute approximate surface area is 193 Å². The summed E-state index contributed by atoms with van der Waals surface area (Å²) in [6.45, 7) is 2.90. The number of carbonyl (C=O) groups excluding carboxylic acids is 1. The number of nitrogens with zero attached hydrogens (tertiary/aromatic N) is 3. The molecule has 0 aliphatic carbocycles. The highest BCUT2D eigenvalue weighted by Crippen LogP contribution is 2.27. The number of amides is 1. The van der Waals surface area contributed by atoms with Gasteiger partial charge in [0.1, 0.15) is 11.6 Å². The first kappa shape index (κ1) is 21.2. The minimum absolute atomic E-state index is 0.0168. The van der Waals surface area contributed by atoms with Crippen molar-refractivity contribution in [1.82, 2.24) is 14.7 Å². The highest BCUT2D eigenvalue weighted by Gasteiger charge is 2.23. The molecular formula is C27H28N4O2. The summed E-state index contributed by atoms with van der Waals surface area (Å²) in [6.07, 6.45) is 5.84. The Hall–Kier alpha value is -3.64. The lowest BCUT2D eigenvalue weighted by Crippen LogP contribution is -2.35. The zero-order chi connectivity index (χ0) is 22.5. The molecule has 0 radical (unpaired) electrons. The summed E-state index contributed by atoms with van der Waals surface area (Å²) < 4.78 is 7.52. The zero-order valence-electron chi connectivity index (χ0n) is 18.6. The van der Waals surface area contributed by atoms with Crippen molar-refractivity contribution < 1.29 is 9.21 Å². The molecule has 168 valence electrons. The topological polar surface area (TPSA) is 63.3 Å². The van der Waals surface area contributed by atoms with Crippen LogP contribution in [0.4, 0.5) is 5.82 Å². The number of benzene rings is 2. The largest absolute Gasteiger partial charge is 0.464 e. The molecule has 1 aliphatic rings. The number of carbonyl (C=O) groups is 1. The van der Waals surface area contributed by atoms with Crippen LogP contribution < -0.4 is 5.32 Å². The first-order chi connectivity index (χ1) is 16.2. The molecule has 1 N–H and O–H groups in total. The Balaban J connectivity index is 1.16. The van der Waals surface area contributed by atoms with Crippen LogP contribution in [0.3, 0.4) is 0 Å². The molecule has 5 rings (SSSR count). The number of piperidine rings is 1. The second-order valence-corrected chi connectivity index (χ2v) is 8.56. The zero-order valence-corrected chi connectivity index (χ0v) is 18.6. The van der Waals surface area contributed by atoms with Crippen molar-refractivity contribution in [2.75, 3.05) is 18.4 Å². The fourth-order valence-corrected chi connectivity index (χ4v) is 4.52. The van der Waals surface area contributed by atoms with Gasteiger partial charge in [-0.2, -0.15) is 5.10 Å². The molecule has 3 heterocycles. The Bertz CT molecular complexity index is 1180. The molecule has 6 nitrogen and oxygen atoms in total. The van der Waals surface area contributed by atoms with E-state index in [9.17, 15) is 4.79 Å². The maximum absolute atomic E-state index is 12.5. The van der Waals surface area contributed by atoms with Crippen LogP contribution in [0.15, 0.2) is 89.7 Å². The molecule has 0 unspecified atom stereocenters. The van der Waals surface area contributed by atoms with Crippen molar-refractivity contribution in [3.63, 3.8) is 0 Å². The summed E-state index contributed by atoms with van der Waals surface area (Å²) in [4.78, 5) is 15.0. The number of likely N-dealkylation sites (tertiary alicyclic amines) is 1. The summed E-state index contributed by atoms with van der Waals surface area (Å²) in [7, 11) is 0. The summed E-state index contributed by atoms with van der Waals surface area (Å²) >= 11 is 0. The van der Waals surface area contributed by atoms with Crippen LogP contribution in [0.5, 0.6) is 0 Å². The van der Waals surface area contributed by atoms with E-state index in [4.69, 9.17) is 4.42 Å². The number of hydrogen-bond donors (Lipinski definition) is 1. The third kappa shape index (κ3) is 5.23. The molecule has 1 fully saturated rings. The van der Waals surface area contributed by atoms with Crippen molar-refractivity contribution in [3.8, 4) is 11.3 Å². The van der Waals surface area contributed by atoms with E-state index < -0.39 is 0 Å². The maximum atomic E-state index is 12.5. The third-order valence-electron chi connectivity index (χ3n) is 6.19. The number of anilines is 1. The van der Waals surface area contributed by atoms with Crippen LogP contribution in [-0.2, 0) is 17.8 Å². The maximum Gasteiger partial charge on any atom is 0.229 e. The average Bonchev–Trinajstić information content (AvgIpc) is 3.53. The molecule has 1 saturated heterocycles. The molecule has 0 spiro atoms. The van der Waals surface area contributed by atoms with Gasteiger partial charge in [-0.3, -0.25) is 9.69 Å². The Morgan fingerprint density at radius 2 is 1.79 bits per heavy atom. The fraction of sp³-hybridized carbons (Fsp3) is 0.259. The summed E-state index contributed by atoms with van der Waals surface area (Å²) in [5.74, 6) is 1.66. The predicted molar refractivity (Wildman–Crippen MR) is 129 cm³/mol. The Morgan fingerprint density at radius 3 is 2.58 bits per heavy atom. The van der Waals surface area contributed by atoms with Gasteiger partial charge in [-0.25, -0.2) is 4.68 Å². The molecule has 2 aromatic carbocycles. The monoisotopic (exact) mass is 440 g/mol. The number of nitrogens with one attached hydrogen (secondary N) is 1. The standard InChI is InChI=1S/C27H28N4O2/c32-27(19-21-6-2-1-3-7-21)29-26-11-14-28-31(26)24-12-15-30(16-13-24)20-22-8-4-9-23(18-22)25-10-5-17-33-25/h1-11,14,17-18,24H,12-13,15-16,19-20H2,(H,29,32). The first-order valence-electron chi connectivity index (χ1n) is 11.5. The summed E-state index contributed by atoms with van der Waals surface area (Å²) in [5.41, 5.74) is 3.40. The van der Waals surface area contributed by atoms with E-state index in [1.165, 1.54) is 5.56 Å². The molecule has 4 aromatic rings. The van der Waals surface area contributed by atoms with Gasteiger partial charge in [0.2, 0.25) is 5.91 Å². The van der Waals surface area contributed by atoms with Crippen molar-refractivity contribution in [2.24, 2.45) is 0 Å². The Kier molecular flexibility index (Phi) is 6.35. The van der Waals surface area contributed by atoms with Crippen LogP contribution >= 0.6 is 0 Å². The number of rotatable bonds is 7. The molecule has 0 atom stereocenters. The highest BCUT2D eigenvalue weighted by atomic mass is 16.3. The first-order valence-corrected chi connectivity index (χ1v) is 11.5. The van der Waals surface area contributed by atoms with Crippen molar-refractivity contribution in [1.29, 1.82) is 0 Å². The lowest BCUT2D eigenvalue weighted by Gasteiger charge is -2.32. The van der Waals surface area contributed by atoms with Gasteiger partial charge in [0.15, 0.2) is 0 Å². The van der Waals surface area contributed by atoms with E-state index in [0.29, 0.717) is 6.42 Å². The minimum Gasteiger partial charge on any atom is -0.464 e. The van der Waals surface area contributed by atoms with E-state index in [0.717, 1.165) is 55.2 Å². The molecule has 0 bridgehead atoms. The summed E-state index contributed by atoms with van der Waals surface area (Å²) in [5, 5.41) is 7.57. The van der Waals surface area contributed by atoms with E-state index >= 15 is 0 Å². The van der Waals surface area contributed by atoms with Crippen LogP contribution in [0.1, 0.15) is 30.0 Å². The van der Waals surface area contributed by atoms with Crippen molar-refractivity contribution in [2.45, 2.75) is 31.8 Å². The second kappa shape index (κ2) is 9.88. The molecule has 2 aromatic heterocycles. The lowest BCUT2D eigenvalue weighted by molar-refractivity contribution is -0.115. The van der Waals surface area contributed by atoms with Gasteiger partial charge in [0, 0.05) is 31.3 Å². The van der Waals surface area contributed by atoms with Gasteiger partial charge >= 0.3 is 0 Å². The molecule has 33 heavy (non-hydrogen) atoms. The van der Waals surface area contributed by atoms with Crippen molar-refractivity contribution in [3.05, 3.63) is 96.4 Å². The van der Waals surface area contributed by atoms with Crippen LogP contribution in [0, 0.1) is 0 Å². The van der Waals surface area contributed by atoms with Crippen LogP contribution in [0.2, 0.25) is 0 Å². The average molecular weight is 441 g/mol. The quantitative estimate of drug-likeness (QED) is 0.431. The second-order valence-electron chi connectivity index (χ2n) is 8.56. The highest BCUT2D eigenvalue weighted by molar-refractivity contribution is 5.91. The van der Waals surface area contributed by atoms with Gasteiger partial charge < -0.3 is 9.73 Å². The molecule has 0 saturated carbocycles. The molecular weight excluding hydrogens is 412 g/mol. The van der Waals surface area contributed by atoms with Crippen molar-refractivity contribution >= 4 is 11.7 Å². The fourth-order valence-electron chi connectivity index (χ4n) is 4.52. The van der Waals surface area contributed by atoms with Gasteiger partial charge in [0.25, 0.3) is 0 Å². The number of hydrogen-bond acceptors (Lipinski definition) is 4. The normalized spacial score (nSPS) is 14.9. The molecule has 1 aliphatic heterocycles. The van der Waals surface area contributed by atoms with Gasteiger partial charge in [0.05, 0.1) is 24.9 Å². The van der Waals surface area contributed by atoms with Crippen LogP contribution in [0.25, 0.3) is 11.3 Å². The minimum atomic E-state index is -0.0168. The van der Waals surface area contributed by atoms with Gasteiger partial charge in [-0.05, 0) is 42.2 Å². The third-order valence-corrected chi connectivity index (χ3v) is 6.19. The molecule has 6 heteroatoms.